The highest BCUT2D eigenvalue weighted by Crippen LogP contribution is 2.19. The van der Waals surface area contributed by atoms with Gasteiger partial charge in [-0.15, -0.1) is 0 Å². The molecular formula is C22H29N5O3. The number of methoxy groups -OCH3 is 1. The molecule has 0 saturated carbocycles. The lowest BCUT2D eigenvalue weighted by Gasteiger charge is -2.32. The van der Waals surface area contributed by atoms with Crippen molar-refractivity contribution in [2.24, 2.45) is 0 Å². The van der Waals surface area contributed by atoms with Crippen LogP contribution in [0.2, 0.25) is 0 Å². The number of carbonyl (C=O) groups excluding carboxylic acids is 1. The lowest BCUT2D eigenvalue weighted by atomic mass is 9.97. The summed E-state index contributed by atoms with van der Waals surface area (Å²) in [7, 11) is 1.62. The van der Waals surface area contributed by atoms with Crippen LogP contribution in [0, 0.1) is 0 Å². The average molecular weight is 412 g/mol. The number of hydrogen-bond acceptors (Lipinski definition) is 6. The highest BCUT2D eigenvalue weighted by molar-refractivity contribution is 5.92. The third kappa shape index (κ3) is 4.99. The van der Waals surface area contributed by atoms with Crippen molar-refractivity contribution in [3.8, 4) is 5.75 Å². The van der Waals surface area contributed by atoms with Crippen molar-refractivity contribution >= 4 is 17.5 Å². The van der Waals surface area contributed by atoms with Crippen LogP contribution in [0.5, 0.6) is 5.75 Å². The van der Waals surface area contributed by atoms with Gasteiger partial charge in [0.05, 0.1) is 19.3 Å². The second-order valence-corrected chi connectivity index (χ2v) is 8.02. The number of nitrogens with one attached hydrogen (secondary N) is 3. The zero-order valence-electron chi connectivity index (χ0n) is 17.4. The Morgan fingerprint density at radius 2 is 1.93 bits per heavy atom. The van der Waals surface area contributed by atoms with E-state index >= 15 is 0 Å². The number of H-pyrrole nitrogens is 1. The van der Waals surface area contributed by atoms with Gasteiger partial charge in [0.2, 0.25) is 11.9 Å². The number of hydrogen-bond donors (Lipinski definition) is 3. The molecule has 3 N–H and O–H groups in total. The van der Waals surface area contributed by atoms with Gasteiger partial charge in [0.15, 0.2) is 0 Å². The number of nitrogens with zero attached hydrogens (tertiary/aromatic N) is 2. The average Bonchev–Trinajstić information content (AvgIpc) is 2.76. The molecule has 1 aromatic heterocycles. The minimum absolute atomic E-state index is 0.00478. The number of fused-ring (bicyclic) bond motifs is 1. The van der Waals surface area contributed by atoms with Gasteiger partial charge in [-0.1, -0.05) is 0 Å². The summed E-state index contributed by atoms with van der Waals surface area (Å²) in [6.45, 7) is 2.01. The Bertz CT molecular complexity index is 933. The maximum absolute atomic E-state index is 12.3. The van der Waals surface area contributed by atoms with Crippen LogP contribution in [0.15, 0.2) is 29.1 Å². The first-order valence-corrected chi connectivity index (χ1v) is 10.7. The fourth-order valence-corrected chi connectivity index (χ4v) is 4.18. The summed E-state index contributed by atoms with van der Waals surface area (Å²) >= 11 is 0. The Labute approximate surface area is 176 Å². The normalized spacial score (nSPS) is 17.2. The van der Waals surface area contributed by atoms with Gasteiger partial charge < -0.3 is 15.4 Å². The molecule has 2 aromatic rings. The number of benzene rings is 1. The van der Waals surface area contributed by atoms with Gasteiger partial charge in [-0.25, -0.2) is 4.98 Å². The van der Waals surface area contributed by atoms with Gasteiger partial charge in [-0.05, 0) is 62.8 Å². The zero-order valence-corrected chi connectivity index (χ0v) is 17.4. The Morgan fingerprint density at radius 1 is 1.20 bits per heavy atom. The molecule has 1 fully saturated rings. The van der Waals surface area contributed by atoms with E-state index in [0.717, 1.165) is 74.3 Å². The monoisotopic (exact) mass is 411 g/mol. The van der Waals surface area contributed by atoms with Gasteiger partial charge in [0, 0.05) is 30.4 Å². The molecule has 8 heteroatoms. The smallest absolute Gasteiger partial charge is 0.255 e. The molecule has 8 nitrogen and oxygen atoms in total. The zero-order chi connectivity index (χ0) is 20.9. The van der Waals surface area contributed by atoms with E-state index in [1.54, 1.807) is 7.11 Å². The molecule has 1 aromatic carbocycles. The first kappa shape index (κ1) is 20.4. The summed E-state index contributed by atoms with van der Waals surface area (Å²) in [5.74, 6) is 1.32. The first-order chi connectivity index (χ1) is 14.6. The summed E-state index contributed by atoms with van der Waals surface area (Å²) in [5, 5.41) is 6.32. The summed E-state index contributed by atoms with van der Waals surface area (Å²) in [5.41, 5.74) is 2.55. The molecule has 2 heterocycles. The van der Waals surface area contributed by atoms with Crippen LogP contribution in [0.25, 0.3) is 0 Å². The van der Waals surface area contributed by atoms with Gasteiger partial charge in [-0.3, -0.25) is 19.5 Å². The molecule has 4 rings (SSSR count). The Balaban J connectivity index is 1.25. The molecule has 1 aliphatic heterocycles. The van der Waals surface area contributed by atoms with Crippen molar-refractivity contribution in [2.75, 3.05) is 37.4 Å². The number of aromatic nitrogens is 2. The number of anilines is 2. The first-order valence-electron chi connectivity index (χ1n) is 10.7. The van der Waals surface area contributed by atoms with Crippen LogP contribution in [0.4, 0.5) is 11.6 Å². The molecule has 160 valence electrons. The SMILES string of the molecule is COc1ccc(NC(=O)CN2CCC(Nc3nc4c(c(=O)[nH]3)CCCC4)CC2)cc1. The van der Waals surface area contributed by atoms with Crippen LogP contribution in [-0.2, 0) is 17.6 Å². The van der Waals surface area contributed by atoms with Crippen LogP contribution in [0.3, 0.4) is 0 Å². The quantitative estimate of drug-likeness (QED) is 0.674. The van der Waals surface area contributed by atoms with E-state index < -0.39 is 0 Å². The van der Waals surface area contributed by atoms with Crippen LogP contribution < -0.4 is 20.9 Å². The van der Waals surface area contributed by atoms with Gasteiger partial charge in [0.1, 0.15) is 5.75 Å². The largest absolute Gasteiger partial charge is 0.497 e. The van der Waals surface area contributed by atoms with Gasteiger partial charge in [-0.2, -0.15) is 0 Å². The highest BCUT2D eigenvalue weighted by Gasteiger charge is 2.22. The Morgan fingerprint density at radius 3 is 2.67 bits per heavy atom. The Hall–Kier alpha value is -2.87. The Kier molecular flexibility index (Phi) is 6.32. The second-order valence-electron chi connectivity index (χ2n) is 8.02. The van der Waals surface area contributed by atoms with Crippen molar-refractivity contribution in [2.45, 2.75) is 44.6 Å². The number of rotatable bonds is 6. The minimum atomic E-state index is -0.0211. The summed E-state index contributed by atoms with van der Waals surface area (Å²) < 4.78 is 5.13. The van der Waals surface area contributed by atoms with Crippen LogP contribution in [-0.4, -0.2) is 53.6 Å². The van der Waals surface area contributed by atoms with E-state index in [1.165, 1.54) is 0 Å². The third-order valence-electron chi connectivity index (χ3n) is 5.86. The number of aryl methyl sites for hydroxylation is 1. The fourth-order valence-electron chi connectivity index (χ4n) is 4.18. The lowest BCUT2D eigenvalue weighted by molar-refractivity contribution is -0.117. The number of carbonyl (C=O) groups is 1. The van der Waals surface area contributed by atoms with Crippen LogP contribution in [0.1, 0.15) is 36.9 Å². The van der Waals surface area contributed by atoms with E-state index in [9.17, 15) is 9.59 Å². The highest BCUT2D eigenvalue weighted by atomic mass is 16.5. The molecule has 0 radical (unpaired) electrons. The second kappa shape index (κ2) is 9.30. The molecule has 0 unspecified atom stereocenters. The standard InChI is InChI=1S/C22H29N5O3/c1-30-17-8-6-15(7-9-17)23-20(28)14-27-12-10-16(11-13-27)24-22-25-19-5-3-2-4-18(19)21(29)26-22/h6-9,16H,2-5,10-14H2,1H3,(H,23,28)(H2,24,25,26,29). The molecule has 0 bridgehead atoms. The van der Waals surface area contributed by atoms with E-state index in [1.807, 2.05) is 24.3 Å². The van der Waals surface area contributed by atoms with Gasteiger partial charge >= 0.3 is 0 Å². The van der Waals surface area contributed by atoms with Crippen molar-refractivity contribution in [3.63, 3.8) is 0 Å². The molecule has 0 spiro atoms. The molecule has 0 atom stereocenters. The summed E-state index contributed by atoms with van der Waals surface area (Å²) in [6.07, 6.45) is 5.67. The number of piperidine rings is 1. The van der Waals surface area contributed by atoms with E-state index in [2.05, 4.69) is 25.5 Å². The molecule has 1 aliphatic carbocycles. The minimum Gasteiger partial charge on any atom is -0.497 e. The summed E-state index contributed by atoms with van der Waals surface area (Å²) in [6, 6.07) is 7.56. The van der Waals surface area contributed by atoms with Crippen LogP contribution >= 0.6 is 0 Å². The van der Waals surface area contributed by atoms with E-state index in [4.69, 9.17) is 4.74 Å². The van der Waals surface area contributed by atoms with Crippen molar-refractivity contribution in [1.82, 2.24) is 14.9 Å². The van der Waals surface area contributed by atoms with E-state index in [0.29, 0.717) is 12.5 Å². The fraction of sp³-hybridized carbons (Fsp3) is 0.500. The topological polar surface area (TPSA) is 99.3 Å². The van der Waals surface area contributed by atoms with Crippen molar-refractivity contribution in [1.29, 1.82) is 0 Å². The molecular weight excluding hydrogens is 382 g/mol. The predicted molar refractivity (Wildman–Crippen MR) is 116 cm³/mol. The number of ether oxygens (including phenoxy) is 1. The van der Waals surface area contributed by atoms with Gasteiger partial charge in [0.25, 0.3) is 5.56 Å². The van der Waals surface area contributed by atoms with Crippen molar-refractivity contribution < 1.29 is 9.53 Å². The maximum Gasteiger partial charge on any atom is 0.255 e. The number of amides is 1. The van der Waals surface area contributed by atoms with Crippen molar-refractivity contribution in [3.05, 3.63) is 45.9 Å². The molecule has 1 saturated heterocycles. The molecule has 2 aliphatic rings. The number of aromatic amines is 1. The predicted octanol–water partition coefficient (Wildman–Crippen LogP) is 2.17. The van der Waals surface area contributed by atoms with E-state index in [-0.39, 0.29) is 17.5 Å². The summed E-state index contributed by atoms with van der Waals surface area (Å²) in [4.78, 5) is 34.3. The molecule has 30 heavy (non-hydrogen) atoms. The number of likely N-dealkylation sites (tertiary alicyclic amines) is 1. The molecule has 1 amide bonds. The third-order valence-corrected chi connectivity index (χ3v) is 5.86. The maximum atomic E-state index is 12.3. The lowest BCUT2D eigenvalue weighted by Crippen LogP contribution is -2.43.